The lowest BCUT2D eigenvalue weighted by Gasteiger charge is -2.23. The maximum Gasteiger partial charge on any atom is 0.123 e. The van der Waals surface area contributed by atoms with E-state index in [0.717, 1.165) is 11.8 Å². The normalized spacial score (nSPS) is 53.4. The van der Waals surface area contributed by atoms with Crippen LogP contribution in [0, 0.1) is 35.5 Å². The van der Waals surface area contributed by atoms with E-state index in [1.54, 1.807) is 0 Å². The number of hydrogen-bond donors (Lipinski definition) is 0. The summed E-state index contributed by atoms with van der Waals surface area (Å²) in [5, 5.41) is 0. The average Bonchev–Trinajstić information content (AvgIpc) is 2.87. The Labute approximate surface area is 84.9 Å². The molecule has 0 heterocycles. The molecule has 74 valence electrons. The van der Waals surface area contributed by atoms with Crippen molar-refractivity contribution in [3.8, 4) is 0 Å². The molecular weight excluding hydrogens is 172 g/mol. The van der Waals surface area contributed by atoms with Crippen LogP contribution in [0.4, 0.5) is 0 Å². The molecule has 0 saturated heterocycles. The number of carbonyl (C=O) groups excluding carboxylic acids is 1. The highest BCUT2D eigenvalue weighted by Gasteiger charge is 2.53. The summed E-state index contributed by atoms with van der Waals surface area (Å²) in [6.45, 7) is 3.86. The summed E-state index contributed by atoms with van der Waals surface area (Å²) in [6.07, 6.45) is 10.4. The standard InChI is InChI=1S/C13H16O/c1-2-8-6-11-9-3-4-10(5-9)13(11)12(8)7-14/h2-4,7-13H,1,5-6H2. The van der Waals surface area contributed by atoms with Gasteiger partial charge in [0.05, 0.1) is 0 Å². The van der Waals surface area contributed by atoms with E-state index in [1.807, 2.05) is 6.08 Å². The zero-order valence-electron chi connectivity index (χ0n) is 8.30. The van der Waals surface area contributed by atoms with E-state index in [1.165, 1.54) is 19.1 Å². The van der Waals surface area contributed by atoms with Gasteiger partial charge in [-0.05, 0) is 42.4 Å². The van der Waals surface area contributed by atoms with Gasteiger partial charge in [0.15, 0.2) is 0 Å². The molecule has 0 aromatic heterocycles. The highest BCUT2D eigenvalue weighted by molar-refractivity contribution is 5.57. The van der Waals surface area contributed by atoms with Crippen LogP contribution in [0.5, 0.6) is 0 Å². The summed E-state index contributed by atoms with van der Waals surface area (Å²) in [6, 6.07) is 0. The predicted octanol–water partition coefficient (Wildman–Crippen LogP) is 2.45. The Bertz CT molecular complexity index is 304. The number of fused-ring (bicyclic) bond motifs is 5. The van der Waals surface area contributed by atoms with Crippen LogP contribution in [0.15, 0.2) is 24.8 Å². The fraction of sp³-hybridized carbons (Fsp3) is 0.615. The van der Waals surface area contributed by atoms with Gasteiger partial charge in [0.1, 0.15) is 6.29 Å². The lowest BCUT2D eigenvalue weighted by atomic mass is 9.81. The lowest BCUT2D eigenvalue weighted by molar-refractivity contribution is -0.113. The molecule has 2 saturated carbocycles. The van der Waals surface area contributed by atoms with Gasteiger partial charge in [0.25, 0.3) is 0 Å². The van der Waals surface area contributed by atoms with Crippen LogP contribution in [-0.2, 0) is 4.79 Å². The molecule has 6 atom stereocenters. The van der Waals surface area contributed by atoms with Crippen LogP contribution in [0.1, 0.15) is 12.8 Å². The van der Waals surface area contributed by atoms with Crippen molar-refractivity contribution >= 4 is 6.29 Å². The van der Waals surface area contributed by atoms with Crippen molar-refractivity contribution in [2.45, 2.75) is 12.8 Å². The Morgan fingerprint density at radius 3 is 2.71 bits per heavy atom. The first-order chi connectivity index (χ1) is 6.85. The fourth-order valence-corrected chi connectivity index (χ4v) is 4.07. The molecule has 0 N–H and O–H groups in total. The van der Waals surface area contributed by atoms with Gasteiger partial charge in [0.2, 0.25) is 0 Å². The van der Waals surface area contributed by atoms with E-state index < -0.39 is 0 Å². The van der Waals surface area contributed by atoms with Crippen LogP contribution in [0.3, 0.4) is 0 Å². The van der Waals surface area contributed by atoms with Crippen molar-refractivity contribution in [2.75, 3.05) is 0 Å². The van der Waals surface area contributed by atoms with Gasteiger partial charge in [-0.15, -0.1) is 6.58 Å². The summed E-state index contributed by atoms with van der Waals surface area (Å²) in [4.78, 5) is 11.1. The average molecular weight is 188 g/mol. The van der Waals surface area contributed by atoms with Crippen LogP contribution < -0.4 is 0 Å². The van der Waals surface area contributed by atoms with Crippen molar-refractivity contribution in [3.63, 3.8) is 0 Å². The number of allylic oxidation sites excluding steroid dienone is 3. The number of aldehydes is 1. The zero-order valence-corrected chi connectivity index (χ0v) is 8.30. The summed E-state index contributed by atoms with van der Waals surface area (Å²) in [7, 11) is 0. The van der Waals surface area contributed by atoms with Gasteiger partial charge in [-0.1, -0.05) is 18.2 Å². The molecule has 0 aromatic carbocycles. The second-order valence-corrected chi connectivity index (χ2v) is 5.04. The van der Waals surface area contributed by atoms with Gasteiger partial charge in [-0.2, -0.15) is 0 Å². The molecule has 0 amide bonds. The maximum absolute atomic E-state index is 11.1. The first kappa shape index (κ1) is 8.46. The highest BCUT2D eigenvalue weighted by atomic mass is 16.1. The Morgan fingerprint density at radius 1 is 1.21 bits per heavy atom. The third-order valence-corrected chi connectivity index (χ3v) is 4.63. The van der Waals surface area contributed by atoms with Gasteiger partial charge < -0.3 is 4.79 Å². The van der Waals surface area contributed by atoms with Gasteiger partial charge in [-0.25, -0.2) is 0 Å². The molecule has 0 aromatic rings. The quantitative estimate of drug-likeness (QED) is 0.480. The van der Waals surface area contributed by atoms with E-state index in [9.17, 15) is 4.79 Å². The van der Waals surface area contributed by atoms with Crippen LogP contribution in [0.25, 0.3) is 0 Å². The third-order valence-electron chi connectivity index (χ3n) is 4.63. The molecule has 14 heavy (non-hydrogen) atoms. The zero-order chi connectivity index (χ0) is 9.71. The van der Waals surface area contributed by atoms with Crippen molar-refractivity contribution < 1.29 is 4.79 Å². The molecule has 2 bridgehead atoms. The topological polar surface area (TPSA) is 17.1 Å². The first-order valence-electron chi connectivity index (χ1n) is 5.61. The van der Waals surface area contributed by atoms with E-state index in [-0.39, 0.29) is 5.92 Å². The Kier molecular flexibility index (Phi) is 1.70. The Morgan fingerprint density at radius 2 is 2.00 bits per heavy atom. The van der Waals surface area contributed by atoms with Crippen molar-refractivity contribution in [1.82, 2.24) is 0 Å². The smallest absolute Gasteiger partial charge is 0.123 e. The van der Waals surface area contributed by atoms with E-state index in [0.29, 0.717) is 17.8 Å². The molecule has 3 aliphatic carbocycles. The highest BCUT2D eigenvalue weighted by Crippen LogP contribution is 2.59. The second-order valence-electron chi connectivity index (χ2n) is 5.04. The van der Waals surface area contributed by atoms with Crippen LogP contribution in [-0.4, -0.2) is 6.29 Å². The van der Waals surface area contributed by atoms with Gasteiger partial charge >= 0.3 is 0 Å². The van der Waals surface area contributed by atoms with Crippen molar-refractivity contribution in [2.24, 2.45) is 35.5 Å². The first-order valence-corrected chi connectivity index (χ1v) is 5.61. The molecule has 2 fully saturated rings. The van der Waals surface area contributed by atoms with E-state index in [4.69, 9.17) is 0 Å². The largest absolute Gasteiger partial charge is 0.303 e. The molecule has 6 unspecified atom stereocenters. The molecule has 1 nitrogen and oxygen atoms in total. The minimum Gasteiger partial charge on any atom is -0.303 e. The van der Waals surface area contributed by atoms with Crippen LogP contribution >= 0.6 is 0 Å². The van der Waals surface area contributed by atoms with Gasteiger partial charge in [0, 0.05) is 5.92 Å². The SMILES string of the molecule is C=CC1CC2C3C=CC(C3)C2C1C=O. The van der Waals surface area contributed by atoms with E-state index in [2.05, 4.69) is 18.7 Å². The second kappa shape index (κ2) is 2.82. The van der Waals surface area contributed by atoms with Gasteiger partial charge in [-0.3, -0.25) is 0 Å². The molecule has 3 aliphatic rings. The summed E-state index contributed by atoms with van der Waals surface area (Å²) < 4.78 is 0. The molecule has 3 rings (SSSR count). The minimum absolute atomic E-state index is 0.262. The molecular formula is C13H16O. The predicted molar refractivity (Wildman–Crippen MR) is 55.6 cm³/mol. The molecule has 0 radical (unpaired) electrons. The number of carbonyl (C=O) groups is 1. The summed E-state index contributed by atoms with van der Waals surface area (Å²) >= 11 is 0. The monoisotopic (exact) mass is 188 g/mol. The Hall–Kier alpha value is -0.850. The molecule has 1 heteroatoms. The maximum atomic E-state index is 11.1. The number of rotatable bonds is 2. The fourth-order valence-electron chi connectivity index (χ4n) is 4.07. The molecule has 0 aliphatic heterocycles. The van der Waals surface area contributed by atoms with Crippen LogP contribution in [0.2, 0.25) is 0 Å². The Balaban J connectivity index is 1.94. The summed E-state index contributed by atoms with van der Waals surface area (Å²) in [5.74, 6) is 3.61. The molecule has 0 spiro atoms. The summed E-state index contributed by atoms with van der Waals surface area (Å²) in [5.41, 5.74) is 0. The minimum atomic E-state index is 0.262. The van der Waals surface area contributed by atoms with Crippen molar-refractivity contribution in [1.29, 1.82) is 0 Å². The number of hydrogen-bond acceptors (Lipinski definition) is 1. The van der Waals surface area contributed by atoms with Crippen molar-refractivity contribution in [3.05, 3.63) is 24.8 Å². The van der Waals surface area contributed by atoms with E-state index >= 15 is 0 Å². The lowest BCUT2D eigenvalue weighted by Crippen LogP contribution is -2.22. The third kappa shape index (κ3) is 0.879.